The van der Waals surface area contributed by atoms with Gasteiger partial charge in [0.15, 0.2) is 0 Å². The summed E-state index contributed by atoms with van der Waals surface area (Å²) in [6.07, 6.45) is 0. The van der Waals surface area contributed by atoms with Crippen LogP contribution in [0.2, 0.25) is 0 Å². The van der Waals surface area contributed by atoms with Gasteiger partial charge in [-0.3, -0.25) is 24.8 Å². The minimum atomic E-state index is -0.425. The molecule has 2 aromatic carbocycles. The lowest BCUT2D eigenvalue weighted by Crippen LogP contribution is -2.56. The molecule has 3 N–H and O–H groups in total. The zero-order valence-corrected chi connectivity index (χ0v) is 15.6. The summed E-state index contributed by atoms with van der Waals surface area (Å²) in [6, 6.07) is 15.9. The monoisotopic (exact) mass is 379 g/mol. The fraction of sp³-hybridized carbons (Fsp3) is 0.200. The molecule has 0 unspecified atom stereocenters. The van der Waals surface area contributed by atoms with Crippen LogP contribution >= 0.6 is 0 Å². The average molecular weight is 379 g/mol. The molecule has 3 amide bonds. The second-order valence-corrected chi connectivity index (χ2v) is 6.34. The lowest BCUT2D eigenvalue weighted by Gasteiger charge is -2.28. The summed E-state index contributed by atoms with van der Waals surface area (Å²) in [4.78, 5) is 40.0. The van der Waals surface area contributed by atoms with E-state index in [0.29, 0.717) is 11.4 Å². The average Bonchev–Trinajstić information content (AvgIpc) is 2.68. The minimum Gasteiger partial charge on any atom is -0.343 e. The van der Waals surface area contributed by atoms with E-state index in [4.69, 9.17) is 0 Å². The van der Waals surface area contributed by atoms with Crippen molar-refractivity contribution in [1.82, 2.24) is 10.7 Å². The molecule has 1 atom stereocenters. The predicted molar refractivity (Wildman–Crippen MR) is 107 cm³/mol. The number of benzene rings is 2. The molecule has 2 aromatic rings. The standard InChI is InChI=1S/C20H21N5O3/c1-13(15-7-6-8-16(11-15)23-14(2)26)22-20(28)19-21-12-18(27)25(24-19)17-9-4-3-5-10-17/h3-11,13H,12H2,1-2H3,(H,21,24)(H,22,28)(H,23,26)/t13-/m0/s1. The highest BCUT2D eigenvalue weighted by Crippen LogP contribution is 2.18. The molecule has 0 aromatic heterocycles. The number of amides is 3. The van der Waals surface area contributed by atoms with Gasteiger partial charge in [0.1, 0.15) is 6.54 Å². The lowest BCUT2D eigenvalue weighted by molar-refractivity contribution is -0.118. The van der Waals surface area contributed by atoms with E-state index in [1.807, 2.05) is 19.1 Å². The van der Waals surface area contributed by atoms with Crippen LogP contribution in [0.1, 0.15) is 25.5 Å². The summed E-state index contributed by atoms with van der Waals surface area (Å²) < 4.78 is 0. The van der Waals surface area contributed by atoms with E-state index in [2.05, 4.69) is 21.1 Å². The molecule has 3 rings (SSSR count). The Bertz CT molecular complexity index is 926. The van der Waals surface area contributed by atoms with Gasteiger partial charge >= 0.3 is 0 Å². The highest BCUT2D eigenvalue weighted by atomic mass is 16.2. The van der Waals surface area contributed by atoms with Gasteiger partial charge in [-0.15, -0.1) is 0 Å². The van der Waals surface area contributed by atoms with Gasteiger partial charge < -0.3 is 10.6 Å². The Hall–Kier alpha value is -3.68. The van der Waals surface area contributed by atoms with Gasteiger partial charge in [-0.25, -0.2) is 5.01 Å². The Morgan fingerprint density at radius 3 is 2.61 bits per heavy atom. The first-order valence-corrected chi connectivity index (χ1v) is 8.81. The molecule has 0 fully saturated rings. The Kier molecular flexibility index (Phi) is 5.69. The zero-order chi connectivity index (χ0) is 20.1. The number of hydrogen-bond donors (Lipinski definition) is 3. The van der Waals surface area contributed by atoms with E-state index in [0.717, 1.165) is 5.56 Å². The second kappa shape index (κ2) is 8.34. The van der Waals surface area contributed by atoms with Crippen molar-refractivity contribution >= 4 is 34.9 Å². The van der Waals surface area contributed by atoms with Crippen LogP contribution in [0.15, 0.2) is 59.6 Å². The van der Waals surface area contributed by atoms with Crippen LogP contribution in [0, 0.1) is 0 Å². The van der Waals surface area contributed by atoms with E-state index in [1.165, 1.54) is 11.9 Å². The van der Waals surface area contributed by atoms with E-state index in [-0.39, 0.29) is 30.2 Å². The quantitative estimate of drug-likeness (QED) is 0.737. The maximum absolute atomic E-state index is 12.6. The fourth-order valence-electron chi connectivity index (χ4n) is 2.77. The predicted octanol–water partition coefficient (Wildman–Crippen LogP) is 1.77. The molecule has 8 nitrogen and oxygen atoms in total. The van der Waals surface area contributed by atoms with E-state index < -0.39 is 5.91 Å². The number of aliphatic imine (C=N–C) groups is 1. The Morgan fingerprint density at radius 2 is 1.89 bits per heavy atom. The molecular formula is C20H21N5O3. The maximum atomic E-state index is 12.6. The second-order valence-electron chi connectivity index (χ2n) is 6.34. The van der Waals surface area contributed by atoms with Crippen molar-refractivity contribution in [1.29, 1.82) is 0 Å². The SMILES string of the molecule is CC(=O)Nc1cccc([C@H](C)NC(=O)C2=NCC(=O)N(c3ccccc3)N2)c1. The molecule has 144 valence electrons. The first kappa shape index (κ1) is 19.1. The van der Waals surface area contributed by atoms with E-state index in [9.17, 15) is 14.4 Å². The maximum Gasteiger partial charge on any atom is 0.288 e. The molecule has 28 heavy (non-hydrogen) atoms. The molecule has 1 aliphatic rings. The van der Waals surface area contributed by atoms with Gasteiger partial charge in [0.25, 0.3) is 11.8 Å². The number of hydrogen-bond acceptors (Lipinski definition) is 5. The third-order valence-electron chi connectivity index (χ3n) is 4.12. The van der Waals surface area contributed by atoms with E-state index in [1.54, 1.807) is 42.5 Å². The Balaban J connectivity index is 1.69. The van der Waals surface area contributed by atoms with Gasteiger partial charge in [0.05, 0.1) is 11.7 Å². The summed E-state index contributed by atoms with van der Waals surface area (Å²) in [5.41, 5.74) is 4.89. The first-order valence-electron chi connectivity index (χ1n) is 8.81. The van der Waals surface area contributed by atoms with Gasteiger partial charge in [-0.2, -0.15) is 0 Å². The van der Waals surface area contributed by atoms with Crippen LogP contribution in [0.4, 0.5) is 11.4 Å². The third-order valence-corrected chi connectivity index (χ3v) is 4.12. The molecule has 0 radical (unpaired) electrons. The van der Waals surface area contributed by atoms with Crippen molar-refractivity contribution in [3.8, 4) is 0 Å². The van der Waals surface area contributed by atoms with Crippen molar-refractivity contribution in [2.45, 2.75) is 19.9 Å². The topological polar surface area (TPSA) is 103 Å². The van der Waals surface area contributed by atoms with Gasteiger partial charge in [-0.05, 0) is 36.8 Å². The number of nitrogens with one attached hydrogen (secondary N) is 3. The number of hydrazine groups is 1. The van der Waals surface area contributed by atoms with Crippen molar-refractivity contribution in [3.63, 3.8) is 0 Å². The number of nitrogens with zero attached hydrogens (tertiary/aromatic N) is 2. The summed E-state index contributed by atoms with van der Waals surface area (Å²) in [6.45, 7) is 3.15. The number of carbonyl (C=O) groups excluding carboxylic acids is 3. The smallest absolute Gasteiger partial charge is 0.288 e. The van der Waals surface area contributed by atoms with Crippen LogP contribution in [-0.2, 0) is 14.4 Å². The van der Waals surface area contributed by atoms with Crippen LogP contribution in [0.25, 0.3) is 0 Å². The molecule has 0 bridgehead atoms. The number of carbonyl (C=O) groups is 3. The zero-order valence-electron chi connectivity index (χ0n) is 15.6. The number of anilines is 2. The molecule has 0 spiro atoms. The number of amidine groups is 1. The van der Waals surface area contributed by atoms with Crippen molar-refractivity contribution in [2.24, 2.45) is 4.99 Å². The highest BCUT2D eigenvalue weighted by Gasteiger charge is 2.26. The van der Waals surface area contributed by atoms with Crippen LogP contribution < -0.4 is 21.1 Å². The third kappa shape index (κ3) is 4.53. The number of rotatable bonds is 5. The number of para-hydroxylation sites is 1. The van der Waals surface area contributed by atoms with Crippen LogP contribution in [0.5, 0.6) is 0 Å². The first-order chi connectivity index (χ1) is 13.4. The van der Waals surface area contributed by atoms with E-state index >= 15 is 0 Å². The normalized spacial score (nSPS) is 14.6. The molecule has 0 aliphatic carbocycles. The summed E-state index contributed by atoms with van der Waals surface area (Å²) in [5, 5.41) is 6.87. The van der Waals surface area contributed by atoms with Crippen LogP contribution in [0.3, 0.4) is 0 Å². The molecule has 8 heteroatoms. The molecule has 1 heterocycles. The van der Waals surface area contributed by atoms with Crippen molar-refractivity contribution in [2.75, 3.05) is 16.9 Å². The molecule has 0 saturated carbocycles. The van der Waals surface area contributed by atoms with Crippen molar-refractivity contribution in [3.05, 3.63) is 60.2 Å². The van der Waals surface area contributed by atoms with Gasteiger partial charge in [0, 0.05) is 12.6 Å². The van der Waals surface area contributed by atoms with Crippen LogP contribution in [-0.4, -0.2) is 30.1 Å². The minimum absolute atomic E-state index is 0.0633. The Labute approximate surface area is 162 Å². The van der Waals surface area contributed by atoms with Gasteiger partial charge in [-0.1, -0.05) is 30.3 Å². The molecular weight excluding hydrogens is 358 g/mol. The van der Waals surface area contributed by atoms with Crippen molar-refractivity contribution < 1.29 is 14.4 Å². The molecule has 0 saturated heterocycles. The highest BCUT2D eigenvalue weighted by molar-refractivity contribution is 6.39. The summed E-state index contributed by atoms with van der Waals surface area (Å²) >= 11 is 0. The summed E-state index contributed by atoms with van der Waals surface area (Å²) in [5.74, 6) is -0.779. The largest absolute Gasteiger partial charge is 0.343 e. The molecule has 1 aliphatic heterocycles. The summed E-state index contributed by atoms with van der Waals surface area (Å²) in [7, 11) is 0. The van der Waals surface area contributed by atoms with Gasteiger partial charge in [0.2, 0.25) is 11.7 Å². The fourth-order valence-corrected chi connectivity index (χ4v) is 2.77. The lowest BCUT2D eigenvalue weighted by atomic mass is 10.1. The Morgan fingerprint density at radius 1 is 1.14 bits per heavy atom.